The Morgan fingerprint density at radius 1 is 1.53 bits per heavy atom. The van der Waals surface area contributed by atoms with E-state index in [0.717, 1.165) is 30.0 Å². The highest BCUT2D eigenvalue weighted by Gasteiger charge is 2.26. The number of amides is 1. The minimum Gasteiger partial charge on any atom is -0.338 e. The van der Waals surface area contributed by atoms with Gasteiger partial charge in [0.25, 0.3) is 5.91 Å². The van der Waals surface area contributed by atoms with Crippen LogP contribution in [0.15, 0.2) is 29.2 Å². The molecule has 0 aliphatic carbocycles. The summed E-state index contributed by atoms with van der Waals surface area (Å²) >= 11 is 4.27. The number of benzene rings is 1. The fourth-order valence-electron chi connectivity index (χ4n) is 2.48. The Hall–Kier alpha value is -0.960. The highest BCUT2D eigenvalue weighted by atomic mass is 32.1. The zero-order chi connectivity index (χ0) is 12.3. The van der Waals surface area contributed by atoms with Gasteiger partial charge in [-0.1, -0.05) is 19.4 Å². The topological polar surface area (TPSA) is 20.3 Å². The van der Waals surface area contributed by atoms with Crippen LogP contribution in [0.4, 0.5) is 0 Å². The van der Waals surface area contributed by atoms with Gasteiger partial charge in [-0.2, -0.15) is 0 Å². The van der Waals surface area contributed by atoms with Crippen molar-refractivity contribution in [2.24, 2.45) is 5.92 Å². The van der Waals surface area contributed by atoms with Gasteiger partial charge in [0.05, 0.1) is 0 Å². The molecule has 1 atom stereocenters. The molecular formula is C14H19NOS. The Kier molecular flexibility index (Phi) is 4.11. The van der Waals surface area contributed by atoms with E-state index in [-0.39, 0.29) is 5.91 Å². The first-order valence-corrected chi connectivity index (χ1v) is 6.73. The first-order chi connectivity index (χ1) is 8.20. The highest BCUT2D eigenvalue weighted by Crippen LogP contribution is 2.23. The lowest BCUT2D eigenvalue weighted by Gasteiger charge is -2.16. The van der Waals surface area contributed by atoms with Crippen LogP contribution in [0, 0.1) is 5.92 Å². The third-order valence-corrected chi connectivity index (χ3v) is 3.64. The average Bonchev–Trinajstić information content (AvgIpc) is 2.77. The summed E-state index contributed by atoms with van der Waals surface area (Å²) in [5.74, 6) is 0.850. The van der Waals surface area contributed by atoms with E-state index in [1.54, 1.807) is 0 Å². The summed E-state index contributed by atoms with van der Waals surface area (Å²) in [6, 6.07) is 7.49. The molecule has 1 aromatic carbocycles. The molecule has 1 aliphatic heterocycles. The lowest BCUT2D eigenvalue weighted by molar-refractivity contribution is 0.0786. The molecule has 0 saturated carbocycles. The molecule has 1 aromatic rings. The molecule has 2 rings (SSSR count). The second-order valence-corrected chi connectivity index (χ2v) is 5.26. The predicted molar refractivity (Wildman–Crippen MR) is 72.6 cm³/mol. The lowest BCUT2D eigenvalue weighted by Crippen LogP contribution is -2.28. The molecule has 0 spiro atoms. The van der Waals surface area contributed by atoms with Crippen molar-refractivity contribution >= 4 is 18.5 Å². The second kappa shape index (κ2) is 5.58. The monoisotopic (exact) mass is 249 g/mol. The summed E-state index contributed by atoms with van der Waals surface area (Å²) in [4.78, 5) is 15.1. The Balaban J connectivity index is 2.02. The van der Waals surface area contributed by atoms with Gasteiger partial charge in [0.15, 0.2) is 0 Å². The van der Waals surface area contributed by atoms with Gasteiger partial charge in [0.2, 0.25) is 0 Å². The van der Waals surface area contributed by atoms with Crippen LogP contribution in [-0.2, 0) is 0 Å². The molecule has 0 N–H and O–H groups in total. The molecule has 3 heteroatoms. The smallest absolute Gasteiger partial charge is 0.253 e. The van der Waals surface area contributed by atoms with Crippen molar-refractivity contribution in [2.45, 2.75) is 31.1 Å². The van der Waals surface area contributed by atoms with Crippen LogP contribution in [0.3, 0.4) is 0 Å². The van der Waals surface area contributed by atoms with Gasteiger partial charge in [0, 0.05) is 23.5 Å². The highest BCUT2D eigenvalue weighted by molar-refractivity contribution is 7.80. The number of rotatable bonds is 3. The van der Waals surface area contributed by atoms with Crippen LogP contribution in [0.5, 0.6) is 0 Å². The number of thiol groups is 1. The standard InChI is InChI=1S/C14H19NOS/c1-2-4-11-7-8-15(10-11)14(16)12-5-3-6-13(17)9-12/h3,5-6,9,11,17H,2,4,7-8,10H2,1H3. The number of likely N-dealkylation sites (tertiary alicyclic amines) is 1. The summed E-state index contributed by atoms with van der Waals surface area (Å²) in [5, 5.41) is 0. The summed E-state index contributed by atoms with van der Waals surface area (Å²) in [6.45, 7) is 4.03. The normalized spacial score (nSPS) is 19.6. The predicted octanol–water partition coefficient (Wildman–Crippen LogP) is 3.24. The molecular weight excluding hydrogens is 230 g/mol. The third kappa shape index (κ3) is 3.03. The molecule has 2 nitrogen and oxygen atoms in total. The number of nitrogens with zero attached hydrogens (tertiary/aromatic N) is 1. The van der Waals surface area contributed by atoms with E-state index in [9.17, 15) is 4.79 Å². The van der Waals surface area contributed by atoms with Crippen LogP contribution < -0.4 is 0 Å². The largest absolute Gasteiger partial charge is 0.338 e. The van der Waals surface area contributed by atoms with Gasteiger partial charge in [-0.3, -0.25) is 4.79 Å². The maximum atomic E-state index is 12.2. The lowest BCUT2D eigenvalue weighted by atomic mass is 10.0. The first-order valence-electron chi connectivity index (χ1n) is 6.29. The van der Waals surface area contributed by atoms with Crippen molar-refractivity contribution in [3.63, 3.8) is 0 Å². The minimum absolute atomic E-state index is 0.152. The van der Waals surface area contributed by atoms with Crippen molar-refractivity contribution in [3.05, 3.63) is 29.8 Å². The molecule has 1 amide bonds. The van der Waals surface area contributed by atoms with E-state index in [4.69, 9.17) is 0 Å². The number of carbonyl (C=O) groups is 1. The van der Waals surface area contributed by atoms with E-state index in [0.29, 0.717) is 5.92 Å². The number of hydrogen-bond acceptors (Lipinski definition) is 2. The van der Waals surface area contributed by atoms with Crippen molar-refractivity contribution in [1.82, 2.24) is 4.90 Å². The van der Waals surface area contributed by atoms with E-state index >= 15 is 0 Å². The molecule has 0 bridgehead atoms. The number of hydrogen-bond donors (Lipinski definition) is 1. The van der Waals surface area contributed by atoms with Crippen LogP contribution in [-0.4, -0.2) is 23.9 Å². The Bertz CT molecular complexity index is 405. The summed E-state index contributed by atoms with van der Waals surface area (Å²) in [7, 11) is 0. The van der Waals surface area contributed by atoms with Crippen molar-refractivity contribution < 1.29 is 4.79 Å². The summed E-state index contributed by atoms with van der Waals surface area (Å²) < 4.78 is 0. The molecule has 1 heterocycles. The second-order valence-electron chi connectivity index (χ2n) is 4.74. The SMILES string of the molecule is CCCC1CCN(C(=O)c2cccc(S)c2)C1. The first kappa shape index (κ1) is 12.5. The van der Waals surface area contributed by atoms with Crippen LogP contribution >= 0.6 is 12.6 Å². The molecule has 92 valence electrons. The molecule has 1 saturated heterocycles. The third-order valence-electron chi connectivity index (χ3n) is 3.36. The zero-order valence-corrected chi connectivity index (χ0v) is 11.1. The van der Waals surface area contributed by atoms with Gasteiger partial charge in [-0.05, 0) is 37.0 Å². The fraction of sp³-hybridized carbons (Fsp3) is 0.500. The quantitative estimate of drug-likeness (QED) is 0.815. The van der Waals surface area contributed by atoms with Gasteiger partial charge in [0.1, 0.15) is 0 Å². The maximum Gasteiger partial charge on any atom is 0.253 e. The molecule has 0 aromatic heterocycles. The molecule has 17 heavy (non-hydrogen) atoms. The van der Waals surface area contributed by atoms with E-state index in [2.05, 4.69) is 19.6 Å². The van der Waals surface area contributed by atoms with E-state index in [1.807, 2.05) is 29.2 Å². The van der Waals surface area contributed by atoms with Gasteiger partial charge < -0.3 is 4.90 Å². The van der Waals surface area contributed by atoms with E-state index in [1.165, 1.54) is 12.8 Å². The Labute approximate surface area is 108 Å². The number of carbonyl (C=O) groups excluding carboxylic acids is 1. The van der Waals surface area contributed by atoms with Gasteiger partial charge >= 0.3 is 0 Å². The Morgan fingerprint density at radius 2 is 2.35 bits per heavy atom. The van der Waals surface area contributed by atoms with Gasteiger partial charge in [-0.25, -0.2) is 0 Å². The zero-order valence-electron chi connectivity index (χ0n) is 10.2. The molecule has 1 aliphatic rings. The Morgan fingerprint density at radius 3 is 3.06 bits per heavy atom. The summed E-state index contributed by atoms with van der Waals surface area (Å²) in [6.07, 6.45) is 3.59. The van der Waals surface area contributed by atoms with Crippen LogP contribution in [0.25, 0.3) is 0 Å². The minimum atomic E-state index is 0.152. The molecule has 0 radical (unpaired) electrons. The maximum absolute atomic E-state index is 12.2. The van der Waals surface area contributed by atoms with Crippen LogP contribution in [0.2, 0.25) is 0 Å². The van der Waals surface area contributed by atoms with Gasteiger partial charge in [-0.15, -0.1) is 12.6 Å². The van der Waals surface area contributed by atoms with Crippen LogP contribution in [0.1, 0.15) is 36.5 Å². The van der Waals surface area contributed by atoms with Crippen molar-refractivity contribution in [2.75, 3.05) is 13.1 Å². The van der Waals surface area contributed by atoms with E-state index < -0.39 is 0 Å². The van der Waals surface area contributed by atoms with Crippen molar-refractivity contribution in [3.8, 4) is 0 Å². The summed E-state index contributed by atoms with van der Waals surface area (Å²) in [5.41, 5.74) is 0.759. The fourth-order valence-corrected chi connectivity index (χ4v) is 2.71. The average molecular weight is 249 g/mol. The van der Waals surface area contributed by atoms with Crippen molar-refractivity contribution in [1.29, 1.82) is 0 Å². The molecule has 1 unspecified atom stereocenters. The molecule has 1 fully saturated rings.